The van der Waals surface area contributed by atoms with Gasteiger partial charge in [-0.05, 0) is 52.1 Å². The molecule has 0 aromatic heterocycles. The summed E-state index contributed by atoms with van der Waals surface area (Å²) in [5.74, 6) is 0.366. The predicted molar refractivity (Wildman–Crippen MR) is 95.6 cm³/mol. The first-order valence-electron chi connectivity index (χ1n) is 8.39. The van der Waals surface area contributed by atoms with Crippen molar-refractivity contribution in [1.82, 2.24) is 10.2 Å². The van der Waals surface area contributed by atoms with Gasteiger partial charge in [-0.2, -0.15) is 0 Å². The van der Waals surface area contributed by atoms with Crippen LogP contribution < -0.4 is 5.32 Å². The Labute approximate surface area is 141 Å². The van der Waals surface area contributed by atoms with E-state index in [0.29, 0.717) is 18.5 Å². The average Bonchev–Trinajstić information content (AvgIpc) is 2.44. The van der Waals surface area contributed by atoms with E-state index in [1.54, 1.807) is 11.9 Å². The van der Waals surface area contributed by atoms with E-state index in [1.165, 1.54) is 5.56 Å². The van der Waals surface area contributed by atoms with Gasteiger partial charge in [-0.1, -0.05) is 37.3 Å². The Morgan fingerprint density at radius 1 is 1.22 bits per heavy atom. The zero-order valence-corrected chi connectivity index (χ0v) is 15.4. The summed E-state index contributed by atoms with van der Waals surface area (Å²) < 4.78 is 5.37. The molecule has 1 aromatic rings. The summed E-state index contributed by atoms with van der Waals surface area (Å²) in [5.41, 5.74) is 0.892. The van der Waals surface area contributed by atoms with Crippen LogP contribution in [-0.4, -0.2) is 42.8 Å². The number of hydrogen-bond acceptors (Lipinski definition) is 3. The maximum atomic E-state index is 12.0. The van der Waals surface area contributed by atoms with Crippen molar-refractivity contribution in [1.29, 1.82) is 0 Å². The van der Waals surface area contributed by atoms with Crippen molar-refractivity contribution in [3.8, 4) is 0 Å². The molecule has 130 valence electrons. The van der Waals surface area contributed by atoms with Crippen molar-refractivity contribution in [2.24, 2.45) is 5.92 Å². The number of amides is 1. The molecule has 0 bridgehead atoms. The fraction of sp³-hybridized carbons (Fsp3) is 0.632. The maximum absolute atomic E-state index is 12.0. The molecular weight excluding hydrogens is 288 g/mol. The van der Waals surface area contributed by atoms with Crippen molar-refractivity contribution in [2.75, 3.05) is 20.1 Å². The van der Waals surface area contributed by atoms with Gasteiger partial charge in [-0.25, -0.2) is 4.79 Å². The van der Waals surface area contributed by atoms with Crippen LogP contribution in [0.2, 0.25) is 0 Å². The number of carbonyl (C=O) groups excluding carboxylic acids is 1. The van der Waals surface area contributed by atoms with Crippen molar-refractivity contribution < 1.29 is 9.53 Å². The molecule has 0 spiro atoms. The Bertz CT molecular complexity index is 468. The normalized spacial score (nSPS) is 14.2. The lowest BCUT2D eigenvalue weighted by molar-refractivity contribution is 0.0276. The Morgan fingerprint density at radius 2 is 1.83 bits per heavy atom. The third-order valence-electron chi connectivity index (χ3n) is 3.49. The molecule has 4 nitrogen and oxygen atoms in total. The first kappa shape index (κ1) is 19.5. The lowest BCUT2D eigenvalue weighted by atomic mass is 10.1. The van der Waals surface area contributed by atoms with Crippen LogP contribution >= 0.6 is 0 Å². The molecule has 0 aliphatic rings. The molecule has 0 fully saturated rings. The molecule has 1 rings (SSSR count). The van der Waals surface area contributed by atoms with Crippen LogP contribution in [0.5, 0.6) is 0 Å². The second-order valence-electron chi connectivity index (χ2n) is 7.47. The Kier molecular flexibility index (Phi) is 7.56. The third kappa shape index (κ3) is 8.60. The van der Waals surface area contributed by atoms with Gasteiger partial charge in [-0.15, -0.1) is 0 Å². The number of benzene rings is 1. The number of ether oxygens (including phenoxy) is 1. The Morgan fingerprint density at radius 3 is 2.39 bits per heavy atom. The first-order valence-corrected chi connectivity index (χ1v) is 8.39. The molecule has 23 heavy (non-hydrogen) atoms. The van der Waals surface area contributed by atoms with Gasteiger partial charge in [0.05, 0.1) is 0 Å². The summed E-state index contributed by atoms with van der Waals surface area (Å²) in [6.07, 6.45) is 0.747. The molecule has 0 saturated heterocycles. The van der Waals surface area contributed by atoms with Gasteiger partial charge < -0.3 is 15.0 Å². The van der Waals surface area contributed by atoms with E-state index in [4.69, 9.17) is 4.74 Å². The molecule has 2 atom stereocenters. The second kappa shape index (κ2) is 8.92. The molecule has 1 aromatic carbocycles. The van der Waals surface area contributed by atoms with Gasteiger partial charge >= 0.3 is 6.09 Å². The minimum atomic E-state index is -0.447. The van der Waals surface area contributed by atoms with E-state index in [1.807, 2.05) is 26.8 Å². The van der Waals surface area contributed by atoms with Crippen molar-refractivity contribution in [3.05, 3.63) is 35.9 Å². The van der Waals surface area contributed by atoms with Crippen LogP contribution in [0.15, 0.2) is 30.3 Å². The fourth-order valence-corrected chi connectivity index (χ4v) is 2.39. The van der Waals surface area contributed by atoms with Crippen molar-refractivity contribution in [2.45, 2.75) is 52.7 Å². The van der Waals surface area contributed by atoms with Gasteiger partial charge in [0.15, 0.2) is 0 Å². The molecule has 1 N–H and O–H groups in total. The summed E-state index contributed by atoms with van der Waals surface area (Å²) in [7, 11) is 1.79. The van der Waals surface area contributed by atoms with E-state index >= 15 is 0 Å². The van der Waals surface area contributed by atoms with Crippen LogP contribution in [0.4, 0.5) is 4.79 Å². The highest BCUT2D eigenvalue weighted by Gasteiger charge is 2.20. The summed E-state index contributed by atoms with van der Waals surface area (Å²) in [5, 5.41) is 3.54. The minimum Gasteiger partial charge on any atom is -0.444 e. The molecule has 1 amide bonds. The Balaban J connectivity index is 2.30. The number of hydrogen-bond donors (Lipinski definition) is 1. The van der Waals surface area contributed by atoms with Gasteiger partial charge in [-0.3, -0.25) is 0 Å². The highest BCUT2D eigenvalue weighted by atomic mass is 16.6. The van der Waals surface area contributed by atoms with Crippen LogP contribution in [0, 0.1) is 5.92 Å². The van der Waals surface area contributed by atoms with Gasteiger partial charge in [0.25, 0.3) is 0 Å². The predicted octanol–water partition coefficient (Wildman–Crippen LogP) is 3.71. The number of carbonyl (C=O) groups is 1. The van der Waals surface area contributed by atoms with Crippen molar-refractivity contribution in [3.63, 3.8) is 0 Å². The lowest BCUT2D eigenvalue weighted by Crippen LogP contribution is -2.40. The van der Waals surface area contributed by atoms with Gasteiger partial charge in [0.2, 0.25) is 0 Å². The Hall–Kier alpha value is -1.55. The maximum Gasteiger partial charge on any atom is 0.410 e. The lowest BCUT2D eigenvalue weighted by Gasteiger charge is -2.27. The zero-order chi connectivity index (χ0) is 17.5. The number of rotatable bonds is 7. The summed E-state index contributed by atoms with van der Waals surface area (Å²) >= 11 is 0. The topological polar surface area (TPSA) is 41.6 Å². The molecule has 2 unspecified atom stereocenters. The summed E-state index contributed by atoms with van der Waals surface area (Å²) in [4.78, 5) is 13.6. The molecule has 4 heteroatoms. The van der Waals surface area contributed by atoms with E-state index in [0.717, 1.165) is 13.0 Å². The molecule has 0 aliphatic heterocycles. The van der Waals surface area contributed by atoms with Crippen LogP contribution in [-0.2, 0) is 11.2 Å². The molecule has 0 aliphatic carbocycles. The molecule has 0 heterocycles. The van der Waals surface area contributed by atoms with E-state index in [-0.39, 0.29) is 6.09 Å². The number of nitrogens with zero attached hydrogens (tertiary/aromatic N) is 1. The van der Waals surface area contributed by atoms with Crippen LogP contribution in [0.3, 0.4) is 0 Å². The van der Waals surface area contributed by atoms with Crippen molar-refractivity contribution >= 4 is 6.09 Å². The fourth-order valence-electron chi connectivity index (χ4n) is 2.39. The minimum absolute atomic E-state index is 0.262. The average molecular weight is 320 g/mol. The standard InChI is InChI=1S/C19H32N2O2/c1-15(14-21(6)18(22)23-19(3,4)5)13-20-16(2)12-17-10-8-7-9-11-17/h7-11,15-16,20H,12-14H2,1-6H3. The third-order valence-corrected chi connectivity index (χ3v) is 3.49. The molecular formula is C19H32N2O2. The largest absolute Gasteiger partial charge is 0.444 e. The summed E-state index contributed by atoms with van der Waals surface area (Å²) in [6, 6.07) is 10.9. The highest BCUT2D eigenvalue weighted by molar-refractivity contribution is 5.67. The van der Waals surface area contributed by atoms with Gasteiger partial charge in [0.1, 0.15) is 5.60 Å². The second-order valence-corrected chi connectivity index (χ2v) is 7.47. The quantitative estimate of drug-likeness (QED) is 0.832. The van der Waals surface area contributed by atoms with E-state index in [2.05, 4.69) is 43.4 Å². The highest BCUT2D eigenvalue weighted by Crippen LogP contribution is 2.10. The first-order chi connectivity index (χ1) is 10.7. The summed E-state index contributed by atoms with van der Waals surface area (Å²) in [6.45, 7) is 11.5. The van der Waals surface area contributed by atoms with Crippen LogP contribution in [0.25, 0.3) is 0 Å². The number of nitrogens with one attached hydrogen (secondary N) is 1. The molecule has 0 saturated carbocycles. The van der Waals surface area contributed by atoms with Gasteiger partial charge in [0, 0.05) is 19.6 Å². The molecule has 0 radical (unpaired) electrons. The smallest absolute Gasteiger partial charge is 0.410 e. The van der Waals surface area contributed by atoms with E-state index in [9.17, 15) is 4.79 Å². The van der Waals surface area contributed by atoms with Crippen LogP contribution in [0.1, 0.15) is 40.2 Å². The van der Waals surface area contributed by atoms with E-state index < -0.39 is 5.60 Å². The SMILES string of the molecule is CC(CNC(C)Cc1ccccc1)CN(C)C(=O)OC(C)(C)C. The zero-order valence-electron chi connectivity index (χ0n) is 15.4. The monoisotopic (exact) mass is 320 g/mol.